The Morgan fingerprint density at radius 3 is 2.52 bits per heavy atom. The van der Waals surface area contributed by atoms with Gasteiger partial charge in [-0.3, -0.25) is 4.90 Å². The van der Waals surface area contributed by atoms with E-state index in [2.05, 4.69) is 68.2 Å². The van der Waals surface area contributed by atoms with Crippen LogP contribution < -0.4 is 5.32 Å². The maximum absolute atomic E-state index is 5.75. The summed E-state index contributed by atoms with van der Waals surface area (Å²) < 4.78 is 5.75. The first kappa shape index (κ1) is 16.5. The zero-order chi connectivity index (χ0) is 15.2. The third-order valence-electron chi connectivity index (χ3n) is 4.26. The molecule has 1 heterocycles. The molecule has 118 valence electrons. The van der Waals surface area contributed by atoms with Gasteiger partial charge in [0, 0.05) is 31.7 Å². The standard InChI is InChI=1S/C18H30N2O/c1-14(2)18-12-19-17(16-8-6-5-7-9-16)13-20(18)10-11-21-15(3)4/h5-9,14-15,17-19H,10-13H2,1-4H3. The maximum Gasteiger partial charge on any atom is 0.0597 e. The quantitative estimate of drug-likeness (QED) is 0.871. The number of hydrogen-bond acceptors (Lipinski definition) is 3. The Morgan fingerprint density at radius 2 is 1.90 bits per heavy atom. The zero-order valence-corrected chi connectivity index (χ0v) is 13.9. The first-order valence-corrected chi connectivity index (χ1v) is 8.22. The second kappa shape index (κ2) is 7.92. The molecule has 3 nitrogen and oxygen atoms in total. The van der Waals surface area contributed by atoms with Crippen LogP contribution in [0.3, 0.4) is 0 Å². The summed E-state index contributed by atoms with van der Waals surface area (Å²) in [6, 6.07) is 11.8. The Bertz CT molecular complexity index is 405. The molecule has 1 aliphatic heterocycles. The SMILES string of the molecule is CC(C)OCCN1CC(c2ccccc2)NCC1C(C)C. The topological polar surface area (TPSA) is 24.5 Å². The molecule has 21 heavy (non-hydrogen) atoms. The molecule has 0 spiro atoms. The van der Waals surface area contributed by atoms with Gasteiger partial charge in [-0.2, -0.15) is 0 Å². The smallest absolute Gasteiger partial charge is 0.0597 e. The predicted octanol–water partition coefficient (Wildman–Crippen LogP) is 3.08. The first-order valence-electron chi connectivity index (χ1n) is 8.22. The van der Waals surface area contributed by atoms with Crippen molar-refractivity contribution < 1.29 is 4.74 Å². The number of hydrogen-bond donors (Lipinski definition) is 1. The monoisotopic (exact) mass is 290 g/mol. The highest BCUT2D eigenvalue weighted by Crippen LogP contribution is 2.23. The summed E-state index contributed by atoms with van der Waals surface area (Å²) in [4.78, 5) is 2.60. The van der Waals surface area contributed by atoms with E-state index in [0.29, 0.717) is 24.1 Å². The normalized spacial score (nSPS) is 23.9. The molecule has 1 fully saturated rings. The molecule has 2 atom stereocenters. The fourth-order valence-corrected chi connectivity index (χ4v) is 3.06. The number of benzene rings is 1. The molecular weight excluding hydrogens is 260 g/mol. The largest absolute Gasteiger partial charge is 0.377 e. The molecule has 0 bridgehead atoms. The maximum atomic E-state index is 5.75. The summed E-state index contributed by atoms with van der Waals surface area (Å²) in [5.74, 6) is 0.660. The van der Waals surface area contributed by atoms with E-state index in [0.717, 1.165) is 26.2 Å². The molecular formula is C18H30N2O. The van der Waals surface area contributed by atoms with E-state index < -0.39 is 0 Å². The molecule has 0 amide bonds. The van der Waals surface area contributed by atoms with Gasteiger partial charge >= 0.3 is 0 Å². The lowest BCUT2D eigenvalue weighted by molar-refractivity contribution is 0.0269. The van der Waals surface area contributed by atoms with Gasteiger partial charge in [-0.05, 0) is 25.3 Å². The minimum absolute atomic E-state index is 0.315. The summed E-state index contributed by atoms with van der Waals surface area (Å²) in [5, 5.41) is 3.71. The number of piperazine rings is 1. The van der Waals surface area contributed by atoms with E-state index in [4.69, 9.17) is 4.74 Å². The first-order chi connectivity index (χ1) is 10.1. The van der Waals surface area contributed by atoms with Crippen LogP contribution in [0.1, 0.15) is 39.3 Å². The van der Waals surface area contributed by atoms with Crippen LogP contribution in [0.5, 0.6) is 0 Å². The van der Waals surface area contributed by atoms with Gasteiger partial charge in [-0.15, -0.1) is 0 Å². The van der Waals surface area contributed by atoms with Gasteiger partial charge < -0.3 is 10.1 Å². The fraction of sp³-hybridized carbons (Fsp3) is 0.667. The van der Waals surface area contributed by atoms with Crippen LogP contribution in [-0.4, -0.2) is 43.3 Å². The Morgan fingerprint density at radius 1 is 1.19 bits per heavy atom. The van der Waals surface area contributed by atoms with Crippen molar-refractivity contribution in [2.45, 2.75) is 45.9 Å². The molecule has 1 saturated heterocycles. The molecule has 0 radical (unpaired) electrons. The Hall–Kier alpha value is -0.900. The van der Waals surface area contributed by atoms with Crippen molar-refractivity contribution in [2.75, 3.05) is 26.2 Å². The number of rotatable bonds is 6. The molecule has 2 rings (SSSR count). The molecule has 2 unspecified atom stereocenters. The van der Waals surface area contributed by atoms with Crippen molar-refractivity contribution in [3.05, 3.63) is 35.9 Å². The molecule has 0 aromatic heterocycles. The van der Waals surface area contributed by atoms with Crippen molar-refractivity contribution in [2.24, 2.45) is 5.92 Å². The fourth-order valence-electron chi connectivity index (χ4n) is 3.06. The second-order valence-electron chi connectivity index (χ2n) is 6.60. The summed E-state index contributed by atoms with van der Waals surface area (Å²) in [6.45, 7) is 12.8. The summed E-state index contributed by atoms with van der Waals surface area (Å²) in [7, 11) is 0. The Labute approximate surface area is 129 Å². The van der Waals surface area contributed by atoms with Crippen molar-refractivity contribution in [3.63, 3.8) is 0 Å². The van der Waals surface area contributed by atoms with Crippen molar-refractivity contribution in [1.82, 2.24) is 10.2 Å². The number of nitrogens with one attached hydrogen (secondary N) is 1. The van der Waals surface area contributed by atoms with Gasteiger partial charge in [-0.25, -0.2) is 0 Å². The second-order valence-corrected chi connectivity index (χ2v) is 6.60. The molecule has 1 aromatic carbocycles. The van der Waals surface area contributed by atoms with Crippen molar-refractivity contribution in [3.8, 4) is 0 Å². The molecule has 1 N–H and O–H groups in total. The van der Waals surface area contributed by atoms with Gasteiger partial charge in [0.15, 0.2) is 0 Å². The lowest BCUT2D eigenvalue weighted by atomic mass is 9.96. The van der Waals surface area contributed by atoms with E-state index in [1.54, 1.807) is 0 Å². The molecule has 1 aromatic rings. The molecule has 3 heteroatoms. The molecule has 1 aliphatic rings. The third-order valence-corrected chi connectivity index (χ3v) is 4.26. The van der Waals surface area contributed by atoms with Crippen LogP contribution >= 0.6 is 0 Å². The van der Waals surface area contributed by atoms with E-state index in [-0.39, 0.29) is 0 Å². The Kier molecular flexibility index (Phi) is 6.22. The van der Waals surface area contributed by atoms with Gasteiger partial charge in [0.05, 0.1) is 12.7 Å². The highest BCUT2D eigenvalue weighted by atomic mass is 16.5. The van der Waals surface area contributed by atoms with E-state index in [9.17, 15) is 0 Å². The zero-order valence-electron chi connectivity index (χ0n) is 13.9. The third kappa shape index (κ3) is 4.80. The van der Waals surface area contributed by atoms with Crippen molar-refractivity contribution >= 4 is 0 Å². The van der Waals surface area contributed by atoms with E-state index >= 15 is 0 Å². The van der Waals surface area contributed by atoms with Crippen LogP contribution in [0.2, 0.25) is 0 Å². The predicted molar refractivity (Wildman–Crippen MR) is 88.5 cm³/mol. The number of ether oxygens (including phenoxy) is 1. The minimum atomic E-state index is 0.315. The highest BCUT2D eigenvalue weighted by molar-refractivity contribution is 5.20. The van der Waals surface area contributed by atoms with Crippen LogP contribution in [0.15, 0.2) is 30.3 Å². The van der Waals surface area contributed by atoms with Gasteiger partial charge in [0.25, 0.3) is 0 Å². The van der Waals surface area contributed by atoms with E-state index in [1.165, 1.54) is 5.56 Å². The van der Waals surface area contributed by atoms with Crippen LogP contribution in [-0.2, 0) is 4.74 Å². The van der Waals surface area contributed by atoms with Crippen LogP contribution in [0.25, 0.3) is 0 Å². The molecule has 0 aliphatic carbocycles. The Balaban J connectivity index is 1.98. The summed E-state index contributed by atoms with van der Waals surface area (Å²) >= 11 is 0. The lowest BCUT2D eigenvalue weighted by Gasteiger charge is -2.42. The van der Waals surface area contributed by atoms with Crippen LogP contribution in [0, 0.1) is 5.92 Å². The van der Waals surface area contributed by atoms with Gasteiger partial charge in [0.1, 0.15) is 0 Å². The van der Waals surface area contributed by atoms with E-state index in [1.807, 2.05) is 0 Å². The molecule has 0 saturated carbocycles. The number of nitrogens with zero attached hydrogens (tertiary/aromatic N) is 1. The summed E-state index contributed by atoms with van der Waals surface area (Å²) in [6.07, 6.45) is 0.315. The average Bonchev–Trinajstić information content (AvgIpc) is 2.47. The van der Waals surface area contributed by atoms with Gasteiger partial charge in [0.2, 0.25) is 0 Å². The van der Waals surface area contributed by atoms with Crippen LogP contribution in [0.4, 0.5) is 0 Å². The van der Waals surface area contributed by atoms with Gasteiger partial charge in [-0.1, -0.05) is 44.2 Å². The lowest BCUT2D eigenvalue weighted by Crippen LogP contribution is -2.55. The minimum Gasteiger partial charge on any atom is -0.377 e. The van der Waals surface area contributed by atoms with Crippen molar-refractivity contribution in [1.29, 1.82) is 0 Å². The summed E-state index contributed by atoms with van der Waals surface area (Å²) in [5.41, 5.74) is 1.38. The highest BCUT2D eigenvalue weighted by Gasteiger charge is 2.30. The average molecular weight is 290 g/mol.